The molecule has 4 aromatic rings. The molecule has 0 atom stereocenters. The van der Waals surface area contributed by atoms with Gasteiger partial charge in [-0.15, -0.1) is 70.8 Å². The van der Waals surface area contributed by atoms with E-state index in [9.17, 15) is 0 Å². The zero-order valence-corrected chi connectivity index (χ0v) is 53.8. The smallest absolute Gasteiger partial charge is 1.00 e. The first-order valence-corrected chi connectivity index (χ1v) is 11.1. The Bertz CT molecular complexity index is 997. The van der Waals surface area contributed by atoms with Crippen molar-refractivity contribution < 1.29 is 134 Å². The maximum Gasteiger partial charge on any atom is 2.00 e. The normalized spacial score (nSPS) is 6.31. The molecule has 0 saturated heterocycles. The van der Waals surface area contributed by atoms with Crippen LogP contribution in [0.25, 0.3) is 0 Å². The van der Waals surface area contributed by atoms with Gasteiger partial charge in [-0.1, -0.05) is 49.9 Å². The predicted molar refractivity (Wildman–Crippen MR) is 213 cm³/mol. The van der Waals surface area contributed by atoms with Crippen LogP contribution < -0.4 is 49.6 Å². The molecule has 0 aliphatic rings. The average Bonchev–Trinajstić information content (AvgIpc) is 2.80. The van der Waals surface area contributed by atoms with Gasteiger partial charge in [0.05, 0.1) is 0 Å². The second-order valence-corrected chi connectivity index (χ2v) is 8.07. The molecule has 4 rings (SSSR count). The van der Waals surface area contributed by atoms with E-state index in [-0.39, 0.29) is 291 Å². The van der Waals surface area contributed by atoms with Gasteiger partial charge >= 0.3 is 84.3 Å². The Morgan fingerprint density at radius 2 is 0.385 bits per heavy atom. The summed E-state index contributed by atoms with van der Waals surface area (Å²) in [5.74, 6) is 0. The van der Waals surface area contributed by atoms with Gasteiger partial charge in [0.15, 0.2) is 0 Å². The number of hydrogen-bond acceptors (Lipinski definition) is 0. The van der Waals surface area contributed by atoms with Gasteiger partial charge in [0.1, 0.15) is 0 Å². The van der Waals surface area contributed by atoms with E-state index in [1.807, 2.05) is 24.3 Å². The third kappa shape index (κ3) is 44.6. The van der Waals surface area contributed by atoms with Crippen LogP contribution >= 0.6 is 0 Å². The van der Waals surface area contributed by atoms with Crippen LogP contribution in [0.5, 0.6) is 0 Å². The fourth-order valence-electron chi connectivity index (χ4n) is 3.74. The molecule has 0 spiro atoms. The summed E-state index contributed by atoms with van der Waals surface area (Å²) in [6.45, 7) is 16.2. The predicted octanol–water partition coefficient (Wildman–Crippen LogP) is -2.24. The molecule has 0 aliphatic carbocycles. The average molecular weight is 1950 g/mol. The first-order valence-electron chi connectivity index (χ1n) is 11.1. The van der Waals surface area contributed by atoms with Crippen molar-refractivity contribution in [3.05, 3.63) is 229 Å². The fraction of sp³-hybridized carbons (Fsp3) is 0.100. The van der Waals surface area contributed by atoms with E-state index in [2.05, 4.69) is 100 Å². The maximum absolute atomic E-state index is 4.04. The fourth-order valence-corrected chi connectivity index (χ4v) is 3.74. The molecule has 0 nitrogen and oxygen atoms in total. The quantitative estimate of drug-likeness (QED) is 0.152. The molecule has 12 heteroatoms. The van der Waals surface area contributed by atoms with E-state index in [0.717, 1.165) is 47.9 Å². The van der Waals surface area contributed by atoms with Gasteiger partial charge in [0, 0.05) is 97.7 Å². The van der Waals surface area contributed by atoms with Crippen molar-refractivity contribution in [2.24, 2.45) is 0 Å². The first kappa shape index (κ1) is 117. The van der Waals surface area contributed by atoms with Crippen molar-refractivity contribution in [2.45, 2.75) is 25.7 Å². The summed E-state index contributed by atoms with van der Waals surface area (Å²) in [7, 11) is 0. The van der Waals surface area contributed by atoms with Crippen molar-refractivity contribution in [1.29, 1.82) is 0 Å². The summed E-state index contributed by atoms with van der Waals surface area (Å²) in [5.41, 5.74) is 9.81. The minimum Gasteiger partial charge on any atom is -1.00 e. The number of aryl methyl sites for hydroxylation is 4. The monoisotopic (exact) mass is 1940 g/mol. The van der Waals surface area contributed by atoms with Crippen LogP contribution in [0.3, 0.4) is 0 Å². The summed E-state index contributed by atoms with van der Waals surface area (Å²) in [6, 6.07) is 33.2. The Labute approximate surface area is 478 Å². The van der Waals surface area contributed by atoms with Crippen LogP contribution in [0.4, 0.5) is 0 Å². The van der Waals surface area contributed by atoms with E-state index in [4.69, 9.17) is 0 Å². The van der Waals surface area contributed by atoms with Gasteiger partial charge < -0.3 is 109 Å². The zero-order valence-electron chi connectivity index (χ0n) is 31.5. The van der Waals surface area contributed by atoms with Crippen LogP contribution in [0.15, 0.2) is 97.1 Å². The van der Waals surface area contributed by atoms with E-state index >= 15 is 0 Å². The molecule has 0 bridgehead atoms. The summed E-state index contributed by atoms with van der Waals surface area (Å²) in [5, 5.41) is 0. The van der Waals surface area contributed by atoms with Gasteiger partial charge in [-0.2, -0.15) is 74.2 Å². The standard InChI is InChI=1S/2C16H16.8CH3.4ClH.4Pt.4Sb/c2*1-13-7-3-5-9-15(13)11-12-16-10-6-4-8-14(16)2;;;;;;;;;;;;;;;;;;;;/h2*3-10H,1-2,11-12H2;8*1H3;4*1H;;;;;;;;/q2*-2;8*-1;;;;;4*+2;;;;/p-4. The zero-order chi connectivity index (χ0) is 22.8. The summed E-state index contributed by atoms with van der Waals surface area (Å²) >= 11 is 0. The van der Waals surface area contributed by atoms with Crippen molar-refractivity contribution in [2.75, 3.05) is 0 Å². The summed E-state index contributed by atoms with van der Waals surface area (Å²) < 4.78 is 0. The van der Waals surface area contributed by atoms with Gasteiger partial charge in [-0.25, -0.2) is 0 Å². The van der Waals surface area contributed by atoms with Crippen molar-refractivity contribution in [3.8, 4) is 0 Å². The molecule has 52 heavy (non-hydrogen) atoms. The van der Waals surface area contributed by atoms with Gasteiger partial charge in [-0.3, -0.25) is 0 Å². The van der Waals surface area contributed by atoms with E-state index in [1.54, 1.807) is 0 Å². The Kier molecular flexibility index (Phi) is 156. The molecular formula is C40H56Cl4Pt4Sb4-8. The van der Waals surface area contributed by atoms with E-state index in [0.29, 0.717) is 0 Å². The van der Waals surface area contributed by atoms with Crippen LogP contribution in [-0.4, -0.2) is 97.7 Å². The topological polar surface area (TPSA) is 0 Å². The number of benzene rings is 4. The molecule has 0 fully saturated rings. The summed E-state index contributed by atoms with van der Waals surface area (Å²) in [6.07, 6.45) is 4.14. The largest absolute Gasteiger partial charge is 2.00 e. The minimum absolute atomic E-state index is 0. The minimum atomic E-state index is 0. The van der Waals surface area contributed by atoms with E-state index < -0.39 is 0 Å². The molecule has 0 unspecified atom stereocenters. The van der Waals surface area contributed by atoms with Gasteiger partial charge in [-0.05, 0) is 0 Å². The Morgan fingerprint density at radius 1 is 0.269 bits per heavy atom. The number of hydrogen-bond donors (Lipinski definition) is 0. The molecule has 0 aromatic heterocycles. The molecule has 312 valence electrons. The SMILES string of the molecule is [CH2-]c1ccccc1CCc1ccccc1[CH2-].[CH2-]c1ccccc1CCc1ccccc1[CH2-].[CH3-].[CH3-].[CH3-].[CH3-].[CH3-].[CH3-].[CH3-].[CH3-].[Cl-].[Cl-].[Cl-].[Cl-].[Pt+2].[Pt+2].[Pt+2].[Pt+2].[Sb].[Sb].[Sb].[Sb]. The first-order chi connectivity index (χ1) is 15.5. The van der Waals surface area contributed by atoms with E-state index in [1.165, 1.54) is 22.3 Å². The Hall–Kier alpha value is 3.55. The second kappa shape index (κ2) is 69.2. The Morgan fingerprint density at radius 3 is 0.500 bits per heavy atom. The van der Waals surface area contributed by atoms with Crippen LogP contribution in [0.2, 0.25) is 0 Å². The maximum atomic E-state index is 4.04. The van der Waals surface area contributed by atoms with Crippen LogP contribution in [0, 0.1) is 87.1 Å². The van der Waals surface area contributed by atoms with Gasteiger partial charge in [0.2, 0.25) is 0 Å². The third-order valence-corrected chi connectivity index (χ3v) is 5.80. The summed E-state index contributed by atoms with van der Waals surface area (Å²) in [4.78, 5) is 0. The molecule has 0 N–H and O–H groups in total. The number of rotatable bonds is 6. The molecule has 12 radical (unpaired) electrons. The van der Waals surface area contributed by atoms with Gasteiger partial charge in [0.25, 0.3) is 0 Å². The second-order valence-electron chi connectivity index (χ2n) is 8.07. The molecule has 0 aliphatic heterocycles. The molecule has 0 saturated carbocycles. The molecular weight excluding hydrogens is 1890 g/mol. The Balaban J connectivity index is -0.0000000201. The molecule has 0 heterocycles. The van der Waals surface area contributed by atoms with Crippen molar-refractivity contribution >= 4 is 97.7 Å². The molecule has 4 aromatic carbocycles. The molecule has 0 amide bonds. The number of halogens is 4. The van der Waals surface area contributed by atoms with Crippen LogP contribution in [0.1, 0.15) is 44.5 Å². The van der Waals surface area contributed by atoms with Crippen LogP contribution in [-0.2, 0) is 110 Å². The third-order valence-electron chi connectivity index (χ3n) is 5.80. The van der Waals surface area contributed by atoms with Crippen molar-refractivity contribution in [3.63, 3.8) is 0 Å². The van der Waals surface area contributed by atoms with Crippen molar-refractivity contribution in [1.82, 2.24) is 0 Å².